The summed E-state index contributed by atoms with van der Waals surface area (Å²) in [6, 6.07) is 4.37. The molecule has 0 saturated heterocycles. The minimum atomic E-state index is -1.02. The van der Waals surface area contributed by atoms with Crippen molar-refractivity contribution < 1.29 is 19.4 Å². The Morgan fingerprint density at radius 2 is 2.18 bits per heavy atom. The van der Waals surface area contributed by atoms with Crippen LogP contribution < -0.4 is 0 Å². The van der Waals surface area contributed by atoms with E-state index in [1.165, 1.54) is 18.2 Å². The molecule has 1 aromatic rings. The monoisotopic (exact) mass is 296 g/mol. The second kappa shape index (κ2) is 6.06. The number of esters is 1. The number of ether oxygens (including phenoxy) is 1. The first-order valence-electron chi connectivity index (χ1n) is 4.76. The van der Waals surface area contributed by atoms with Gasteiger partial charge in [0.05, 0.1) is 12.2 Å². The molecule has 0 unspecified atom stereocenters. The van der Waals surface area contributed by atoms with E-state index in [1.807, 2.05) is 0 Å². The van der Waals surface area contributed by atoms with Crippen molar-refractivity contribution in [2.75, 3.05) is 6.61 Å². The van der Waals surface area contributed by atoms with Gasteiger partial charge in [0.2, 0.25) is 0 Å². The lowest BCUT2D eigenvalue weighted by atomic mass is 10.1. The smallest absolute Gasteiger partial charge is 0.384 e. The minimum absolute atomic E-state index is 0.151. The second-order valence-electron chi connectivity index (χ2n) is 2.97. The van der Waals surface area contributed by atoms with Crippen LogP contribution in [-0.4, -0.2) is 23.7 Å². The van der Waals surface area contributed by atoms with E-state index >= 15 is 0 Å². The van der Waals surface area contributed by atoms with E-state index in [4.69, 9.17) is 5.11 Å². The van der Waals surface area contributed by atoms with Gasteiger partial charge in [-0.3, -0.25) is 0 Å². The summed E-state index contributed by atoms with van der Waals surface area (Å²) in [6.45, 7) is 1.96. The summed E-state index contributed by atoms with van der Waals surface area (Å²) in [7, 11) is 0. The Hall–Kier alpha value is -1.80. The molecule has 0 radical (unpaired) electrons. The van der Waals surface area contributed by atoms with Gasteiger partial charge in [0.15, 0.2) is 0 Å². The van der Waals surface area contributed by atoms with Crippen LogP contribution in [0.3, 0.4) is 0 Å². The number of carbonyl (C=O) groups excluding carboxylic acids is 1. The first-order valence-corrected chi connectivity index (χ1v) is 5.55. The van der Waals surface area contributed by atoms with Gasteiger partial charge in [-0.15, -0.1) is 0 Å². The number of rotatable bonds is 2. The van der Waals surface area contributed by atoms with E-state index in [9.17, 15) is 9.59 Å². The van der Waals surface area contributed by atoms with Crippen LogP contribution in [-0.2, 0) is 9.53 Å². The van der Waals surface area contributed by atoms with E-state index in [0.29, 0.717) is 10.0 Å². The Morgan fingerprint density at radius 3 is 2.71 bits per heavy atom. The highest BCUT2D eigenvalue weighted by atomic mass is 79.9. The lowest BCUT2D eigenvalue weighted by Gasteiger charge is -1.98. The number of carboxylic acids is 1. The molecule has 1 rings (SSSR count). The first-order chi connectivity index (χ1) is 8.04. The molecular formula is C12H9BrO4. The summed E-state index contributed by atoms with van der Waals surface area (Å²) < 4.78 is 5.17. The predicted molar refractivity (Wildman–Crippen MR) is 64.6 cm³/mol. The van der Waals surface area contributed by atoms with E-state index < -0.39 is 11.9 Å². The molecule has 0 saturated carbocycles. The van der Waals surface area contributed by atoms with Gasteiger partial charge in [0, 0.05) is 16.0 Å². The van der Waals surface area contributed by atoms with Crippen molar-refractivity contribution in [2.24, 2.45) is 0 Å². The van der Waals surface area contributed by atoms with Crippen molar-refractivity contribution >= 4 is 27.9 Å². The number of hydrogen-bond donors (Lipinski definition) is 1. The molecule has 0 heterocycles. The van der Waals surface area contributed by atoms with Crippen LogP contribution in [0.25, 0.3) is 0 Å². The number of benzene rings is 1. The molecule has 0 aliphatic rings. The zero-order valence-electron chi connectivity index (χ0n) is 8.99. The van der Waals surface area contributed by atoms with Crippen molar-refractivity contribution in [1.29, 1.82) is 0 Å². The van der Waals surface area contributed by atoms with Crippen molar-refractivity contribution in [1.82, 2.24) is 0 Å². The second-order valence-corrected chi connectivity index (χ2v) is 3.82. The maximum atomic E-state index is 11.0. The third-order valence-corrected chi connectivity index (χ3v) is 2.45. The largest absolute Gasteiger partial charge is 0.478 e. The number of carboxylic acid groups (broad SMARTS) is 1. The maximum absolute atomic E-state index is 11.0. The molecule has 0 aliphatic heterocycles. The van der Waals surface area contributed by atoms with Crippen LogP contribution in [0.15, 0.2) is 22.7 Å². The Labute approximate surface area is 107 Å². The van der Waals surface area contributed by atoms with E-state index in [2.05, 4.69) is 32.5 Å². The molecule has 0 fully saturated rings. The molecule has 0 bridgehead atoms. The third-order valence-electron chi connectivity index (χ3n) is 1.79. The van der Waals surface area contributed by atoms with Crippen LogP contribution in [0, 0.1) is 11.8 Å². The Kier molecular flexibility index (Phi) is 4.73. The van der Waals surface area contributed by atoms with Crippen molar-refractivity contribution in [3.8, 4) is 11.8 Å². The van der Waals surface area contributed by atoms with Crippen molar-refractivity contribution in [3.63, 3.8) is 0 Å². The average molecular weight is 297 g/mol. The average Bonchev–Trinajstić information content (AvgIpc) is 2.27. The van der Waals surface area contributed by atoms with Crippen LogP contribution in [0.1, 0.15) is 22.8 Å². The van der Waals surface area contributed by atoms with Gasteiger partial charge in [0.1, 0.15) is 0 Å². The summed E-state index contributed by atoms with van der Waals surface area (Å²) in [4.78, 5) is 21.7. The molecule has 0 atom stereocenters. The summed E-state index contributed by atoms with van der Waals surface area (Å²) in [5.41, 5.74) is 0.682. The highest BCUT2D eigenvalue weighted by Gasteiger charge is 2.05. The number of hydrogen-bond acceptors (Lipinski definition) is 3. The number of halogens is 1. The molecular weight excluding hydrogens is 288 g/mol. The molecule has 0 aromatic heterocycles. The van der Waals surface area contributed by atoms with Crippen molar-refractivity contribution in [3.05, 3.63) is 33.8 Å². The van der Waals surface area contributed by atoms with Crippen LogP contribution >= 0.6 is 15.9 Å². The summed E-state index contributed by atoms with van der Waals surface area (Å²) in [6.07, 6.45) is 0. The minimum Gasteiger partial charge on any atom is -0.478 e. The Morgan fingerprint density at radius 1 is 1.47 bits per heavy atom. The summed E-state index contributed by atoms with van der Waals surface area (Å²) in [5.74, 6) is 3.27. The molecule has 1 N–H and O–H groups in total. The van der Waals surface area contributed by atoms with Crippen LogP contribution in [0.4, 0.5) is 0 Å². The van der Waals surface area contributed by atoms with Gasteiger partial charge >= 0.3 is 11.9 Å². The number of carbonyl (C=O) groups is 2. The van der Waals surface area contributed by atoms with Crippen LogP contribution in [0.5, 0.6) is 0 Å². The van der Waals surface area contributed by atoms with E-state index in [1.54, 1.807) is 6.92 Å². The lowest BCUT2D eigenvalue weighted by Crippen LogP contribution is -2.00. The molecule has 17 heavy (non-hydrogen) atoms. The van der Waals surface area contributed by atoms with Crippen molar-refractivity contribution in [2.45, 2.75) is 6.92 Å². The van der Waals surface area contributed by atoms with Gasteiger partial charge in [-0.1, -0.05) is 5.92 Å². The molecule has 5 heteroatoms. The van der Waals surface area contributed by atoms with Gasteiger partial charge in [-0.2, -0.15) is 0 Å². The number of aromatic carboxylic acids is 1. The van der Waals surface area contributed by atoms with Gasteiger partial charge in [-0.05, 0) is 41.1 Å². The Balaban J connectivity index is 2.93. The lowest BCUT2D eigenvalue weighted by molar-refractivity contribution is -0.136. The van der Waals surface area contributed by atoms with Gasteiger partial charge < -0.3 is 9.84 Å². The van der Waals surface area contributed by atoms with E-state index in [-0.39, 0.29) is 12.2 Å². The summed E-state index contributed by atoms with van der Waals surface area (Å²) >= 11 is 3.19. The normalized spacial score (nSPS) is 9.06. The topological polar surface area (TPSA) is 63.6 Å². The molecule has 4 nitrogen and oxygen atoms in total. The standard InChI is InChI=1S/C12H9BrO4/c1-2-17-11(14)6-5-8-3-4-9(12(15)16)7-10(8)13/h3-4,7H,2H2,1H3,(H,15,16). The zero-order chi connectivity index (χ0) is 12.8. The fourth-order valence-corrected chi connectivity index (χ4v) is 1.51. The predicted octanol–water partition coefficient (Wildman–Crippen LogP) is 2.06. The van der Waals surface area contributed by atoms with Crippen LogP contribution in [0.2, 0.25) is 0 Å². The highest BCUT2D eigenvalue weighted by molar-refractivity contribution is 9.10. The maximum Gasteiger partial charge on any atom is 0.384 e. The fraction of sp³-hybridized carbons (Fsp3) is 0.167. The highest BCUT2D eigenvalue weighted by Crippen LogP contribution is 2.17. The van der Waals surface area contributed by atoms with Gasteiger partial charge in [-0.25, -0.2) is 9.59 Å². The zero-order valence-corrected chi connectivity index (χ0v) is 10.6. The third kappa shape index (κ3) is 3.93. The fourth-order valence-electron chi connectivity index (χ4n) is 1.04. The molecule has 0 spiro atoms. The summed E-state index contributed by atoms with van der Waals surface area (Å²) in [5, 5.41) is 8.76. The SMILES string of the molecule is CCOC(=O)C#Cc1ccc(C(=O)O)cc1Br. The van der Waals surface area contributed by atoms with E-state index in [0.717, 1.165) is 0 Å². The molecule has 88 valence electrons. The quantitative estimate of drug-likeness (QED) is 0.670. The molecule has 0 aliphatic carbocycles. The molecule has 0 amide bonds. The van der Waals surface area contributed by atoms with Gasteiger partial charge in [0.25, 0.3) is 0 Å². The first kappa shape index (κ1) is 13.3. The Bertz CT molecular complexity index is 511. The molecule has 1 aromatic carbocycles.